The zero-order chi connectivity index (χ0) is 17.2. The summed E-state index contributed by atoms with van der Waals surface area (Å²) in [5, 5.41) is 3.38. The summed E-state index contributed by atoms with van der Waals surface area (Å²) in [4.78, 5) is 1.54. The molecule has 0 saturated carbocycles. The minimum absolute atomic E-state index is 0.134. The third kappa shape index (κ3) is 3.36. The Bertz CT molecular complexity index is 797. The van der Waals surface area contributed by atoms with E-state index in [1.165, 1.54) is 12.1 Å². The fourth-order valence-corrected chi connectivity index (χ4v) is 3.87. The number of benzene rings is 2. The van der Waals surface area contributed by atoms with Crippen molar-refractivity contribution in [2.24, 2.45) is 0 Å². The van der Waals surface area contributed by atoms with E-state index in [0.717, 1.165) is 12.1 Å². The van der Waals surface area contributed by atoms with E-state index < -0.39 is 15.6 Å². The Morgan fingerprint density at radius 2 is 1.71 bits per heavy atom. The molecule has 1 fully saturated rings. The van der Waals surface area contributed by atoms with Crippen LogP contribution in [-0.4, -0.2) is 33.3 Å². The largest absolute Gasteiger partial charge is 0.380 e. The van der Waals surface area contributed by atoms with Gasteiger partial charge in [0.15, 0.2) is 0 Å². The lowest BCUT2D eigenvalue weighted by atomic mass is 10.2. The average Bonchev–Trinajstić information content (AvgIpc) is 3.04. The van der Waals surface area contributed by atoms with E-state index in [2.05, 4.69) is 5.32 Å². The van der Waals surface area contributed by atoms with Crippen molar-refractivity contribution in [1.29, 1.82) is 0 Å². The molecule has 1 aliphatic heterocycles. The lowest BCUT2D eigenvalue weighted by Gasteiger charge is -2.22. The van der Waals surface area contributed by atoms with Crippen LogP contribution < -0.4 is 10.2 Å². The van der Waals surface area contributed by atoms with Crippen LogP contribution in [0.4, 0.5) is 20.2 Å². The van der Waals surface area contributed by atoms with Crippen LogP contribution in [0.5, 0.6) is 0 Å². The van der Waals surface area contributed by atoms with E-state index in [1.54, 1.807) is 12.1 Å². The smallest absolute Gasteiger partial charge is 0.341 e. The number of para-hydroxylation sites is 2. The van der Waals surface area contributed by atoms with Crippen molar-refractivity contribution in [1.82, 2.24) is 0 Å². The van der Waals surface area contributed by atoms with Gasteiger partial charge in [0.05, 0.1) is 10.6 Å². The van der Waals surface area contributed by atoms with Gasteiger partial charge >= 0.3 is 5.76 Å². The molecular formula is C17H18F2N2O2S. The second-order valence-corrected chi connectivity index (χ2v) is 7.60. The Labute approximate surface area is 140 Å². The predicted molar refractivity (Wildman–Crippen MR) is 90.3 cm³/mol. The number of hydrogen-bond acceptors (Lipinski definition) is 4. The van der Waals surface area contributed by atoms with Crippen molar-refractivity contribution in [3.8, 4) is 0 Å². The Morgan fingerprint density at radius 3 is 2.42 bits per heavy atom. The van der Waals surface area contributed by atoms with Gasteiger partial charge in [-0.25, -0.2) is 8.42 Å². The molecule has 2 aromatic carbocycles. The van der Waals surface area contributed by atoms with Crippen molar-refractivity contribution in [3.05, 3.63) is 54.6 Å². The molecule has 7 heteroatoms. The van der Waals surface area contributed by atoms with E-state index in [0.29, 0.717) is 18.8 Å². The van der Waals surface area contributed by atoms with Crippen LogP contribution in [0.1, 0.15) is 6.42 Å². The highest BCUT2D eigenvalue weighted by molar-refractivity contribution is 7.91. The fourth-order valence-electron chi connectivity index (χ4n) is 2.92. The second-order valence-electron chi connectivity index (χ2n) is 5.72. The van der Waals surface area contributed by atoms with Gasteiger partial charge in [-0.3, -0.25) is 0 Å². The van der Waals surface area contributed by atoms with Gasteiger partial charge < -0.3 is 10.2 Å². The van der Waals surface area contributed by atoms with Gasteiger partial charge in [0, 0.05) is 24.8 Å². The zero-order valence-corrected chi connectivity index (χ0v) is 13.7. The molecule has 1 atom stereocenters. The topological polar surface area (TPSA) is 49.4 Å². The van der Waals surface area contributed by atoms with Crippen LogP contribution in [-0.2, 0) is 9.84 Å². The summed E-state index contributed by atoms with van der Waals surface area (Å²) in [6.07, 6.45) is 0.804. The van der Waals surface area contributed by atoms with E-state index in [1.807, 2.05) is 35.2 Å². The van der Waals surface area contributed by atoms with Gasteiger partial charge in [-0.1, -0.05) is 30.3 Å². The summed E-state index contributed by atoms with van der Waals surface area (Å²) in [7, 11) is -4.62. The van der Waals surface area contributed by atoms with E-state index in [9.17, 15) is 17.2 Å². The lowest BCUT2D eigenvalue weighted by molar-refractivity contribution is 0.235. The first-order chi connectivity index (χ1) is 11.5. The Kier molecular flexibility index (Phi) is 4.71. The third-order valence-electron chi connectivity index (χ3n) is 4.08. The first kappa shape index (κ1) is 16.7. The number of hydrogen-bond donors (Lipinski definition) is 1. The minimum atomic E-state index is -4.62. The van der Waals surface area contributed by atoms with Crippen molar-refractivity contribution in [2.45, 2.75) is 23.1 Å². The van der Waals surface area contributed by atoms with Crippen LogP contribution >= 0.6 is 0 Å². The van der Waals surface area contributed by atoms with Crippen LogP contribution in [0.3, 0.4) is 0 Å². The SMILES string of the molecule is O=S(=O)(c1ccccc1N1CCC(Nc2ccccc2)C1)C(F)F. The molecule has 0 bridgehead atoms. The second kappa shape index (κ2) is 6.76. The molecule has 0 spiro atoms. The molecule has 4 nitrogen and oxygen atoms in total. The first-order valence-electron chi connectivity index (χ1n) is 7.66. The van der Waals surface area contributed by atoms with Crippen LogP contribution in [0, 0.1) is 0 Å². The molecule has 2 aromatic rings. The number of anilines is 2. The molecule has 24 heavy (non-hydrogen) atoms. The van der Waals surface area contributed by atoms with Crippen LogP contribution in [0.2, 0.25) is 0 Å². The molecule has 1 unspecified atom stereocenters. The summed E-state index contributed by atoms with van der Waals surface area (Å²) in [6.45, 7) is 1.17. The average molecular weight is 352 g/mol. The molecule has 3 rings (SSSR count). The van der Waals surface area contributed by atoms with Crippen LogP contribution in [0.15, 0.2) is 59.5 Å². The van der Waals surface area contributed by atoms with Gasteiger partial charge in [0.1, 0.15) is 0 Å². The predicted octanol–water partition coefficient (Wildman–Crippen LogP) is 3.37. The highest BCUT2D eigenvalue weighted by Gasteiger charge is 2.32. The van der Waals surface area contributed by atoms with Crippen molar-refractivity contribution >= 4 is 21.2 Å². The summed E-state index contributed by atoms with van der Waals surface area (Å²) in [5.74, 6) is -3.42. The minimum Gasteiger partial charge on any atom is -0.380 e. The van der Waals surface area contributed by atoms with Gasteiger partial charge in [-0.2, -0.15) is 8.78 Å². The quantitative estimate of drug-likeness (QED) is 0.896. The Morgan fingerprint density at radius 1 is 1.04 bits per heavy atom. The van der Waals surface area contributed by atoms with Crippen molar-refractivity contribution in [3.63, 3.8) is 0 Å². The number of sulfone groups is 1. The molecule has 0 amide bonds. The standard InChI is InChI=1S/C17H18F2N2O2S/c18-17(19)24(22,23)16-9-5-4-8-15(16)21-11-10-14(12-21)20-13-6-2-1-3-7-13/h1-9,14,17,20H,10-12H2. The molecular weight excluding hydrogens is 334 g/mol. The molecule has 0 radical (unpaired) electrons. The first-order valence-corrected chi connectivity index (χ1v) is 9.21. The summed E-state index contributed by atoms with van der Waals surface area (Å²) in [5.41, 5.74) is 1.33. The maximum Gasteiger partial charge on any atom is 0.341 e. The molecule has 1 heterocycles. The fraction of sp³-hybridized carbons (Fsp3) is 0.294. The number of nitrogens with zero attached hydrogens (tertiary/aromatic N) is 1. The summed E-state index contributed by atoms with van der Waals surface area (Å²) < 4.78 is 49.6. The maximum atomic E-state index is 12.9. The monoisotopic (exact) mass is 352 g/mol. The summed E-state index contributed by atoms with van der Waals surface area (Å²) >= 11 is 0. The van der Waals surface area contributed by atoms with E-state index in [4.69, 9.17) is 0 Å². The normalized spacial score (nSPS) is 18.1. The van der Waals surface area contributed by atoms with Crippen molar-refractivity contribution in [2.75, 3.05) is 23.3 Å². The molecule has 0 aliphatic carbocycles. The molecule has 128 valence electrons. The number of alkyl halides is 2. The highest BCUT2D eigenvalue weighted by atomic mass is 32.2. The van der Waals surface area contributed by atoms with Gasteiger partial charge in [-0.15, -0.1) is 0 Å². The Balaban J connectivity index is 1.79. The number of nitrogens with one attached hydrogen (secondary N) is 1. The van der Waals surface area contributed by atoms with Gasteiger partial charge in [-0.05, 0) is 30.7 Å². The summed E-state index contributed by atoms with van der Waals surface area (Å²) in [6, 6.07) is 15.8. The van der Waals surface area contributed by atoms with E-state index >= 15 is 0 Å². The van der Waals surface area contributed by atoms with Crippen molar-refractivity contribution < 1.29 is 17.2 Å². The molecule has 1 saturated heterocycles. The van der Waals surface area contributed by atoms with Gasteiger partial charge in [0.2, 0.25) is 9.84 Å². The van der Waals surface area contributed by atoms with E-state index in [-0.39, 0.29) is 10.9 Å². The lowest BCUT2D eigenvalue weighted by Crippen LogP contribution is -2.27. The highest BCUT2D eigenvalue weighted by Crippen LogP contribution is 2.31. The number of halogens is 2. The molecule has 0 aromatic heterocycles. The Hall–Kier alpha value is -2.15. The maximum absolute atomic E-state index is 12.9. The zero-order valence-electron chi connectivity index (χ0n) is 12.9. The molecule has 1 N–H and O–H groups in total. The molecule has 1 aliphatic rings. The number of rotatable bonds is 5. The van der Waals surface area contributed by atoms with Gasteiger partial charge in [0.25, 0.3) is 0 Å². The van der Waals surface area contributed by atoms with Crippen LogP contribution in [0.25, 0.3) is 0 Å². The third-order valence-corrected chi connectivity index (χ3v) is 5.51.